The van der Waals surface area contributed by atoms with Gasteiger partial charge in [0.05, 0.1) is 16.6 Å². The number of sulfonamides is 1. The first-order chi connectivity index (χ1) is 15.3. The van der Waals surface area contributed by atoms with Crippen LogP contribution >= 0.6 is 23.2 Å². The normalized spacial score (nSPS) is 19.3. The third-order valence-corrected chi connectivity index (χ3v) is 9.39. The van der Waals surface area contributed by atoms with E-state index in [0.29, 0.717) is 19.6 Å². The van der Waals surface area contributed by atoms with Crippen LogP contribution in [-0.4, -0.2) is 62.8 Å². The molecule has 1 amide bonds. The summed E-state index contributed by atoms with van der Waals surface area (Å²) in [4.78, 5) is 14.5. The van der Waals surface area contributed by atoms with Gasteiger partial charge in [0, 0.05) is 38.1 Å². The quantitative estimate of drug-likeness (QED) is 0.637. The van der Waals surface area contributed by atoms with E-state index in [-0.39, 0.29) is 45.9 Å². The average molecular weight is 496 g/mol. The maximum atomic E-state index is 13.0. The number of rotatable bonds is 7. The van der Waals surface area contributed by atoms with Gasteiger partial charge in [-0.2, -0.15) is 4.31 Å². The molecule has 2 aromatic carbocycles. The fraction of sp³-hybridized carbons (Fsp3) is 0.435. The summed E-state index contributed by atoms with van der Waals surface area (Å²) in [5, 5.41) is 3.33. The third-order valence-electron chi connectivity index (χ3n) is 6.54. The molecule has 32 heavy (non-hydrogen) atoms. The van der Waals surface area contributed by atoms with Crippen molar-refractivity contribution in [2.45, 2.75) is 29.6 Å². The Labute approximate surface area is 199 Å². The molecule has 1 saturated carbocycles. The van der Waals surface area contributed by atoms with Gasteiger partial charge >= 0.3 is 0 Å². The zero-order chi connectivity index (χ0) is 22.8. The summed E-state index contributed by atoms with van der Waals surface area (Å²) in [6.07, 6.45) is 3.34. The number of nitrogens with one attached hydrogen (secondary N) is 1. The van der Waals surface area contributed by atoms with Crippen LogP contribution in [0.3, 0.4) is 0 Å². The van der Waals surface area contributed by atoms with Crippen LogP contribution in [-0.2, 0) is 20.2 Å². The lowest BCUT2D eigenvalue weighted by Gasteiger charge is -2.43. The van der Waals surface area contributed by atoms with Gasteiger partial charge in [-0.3, -0.25) is 9.69 Å². The van der Waals surface area contributed by atoms with Gasteiger partial charge in [-0.25, -0.2) is 8.42 Å². The Bertz CT molecular complexity index is 1050. The van der Waals surface area contributed by atoms with E-state index in [4.69, 9.17) is 23.2 Å². The number of halogens is 2. The molecule has 1 heterocycles. The number of nitrogens with zero attached hydrogens (tertiary/aromatic N) is 2. The van der Waals surface area contributed by atoms with Gasteiger partial charge in [0.25, 0.3) is 0 Å². The number of hydrogen-bond donors (Lipinski definition) is 1. The molecule has 1 saturated heterocycles. The molecular formula is C23H27Cl2N3O3S. The second-order valence-corrected chi connectivity index (χ2v) is 11.2. The maximum absolute atomic E-state index is 13.0. The van der Waals surface area contributed by atoms with Gasteiger partial charge in [0.15, 0.2) is 0 Å². The van der Waals surface area contributed by atoms with E-state index in [9.17, 15) is 13.2 Å². The second kappa shape index (κ2) is 9.69. The predicted molar refractivity (Wildman–Crippen MR) is 127 cm³/mol. The summed E-state index contributed by atoms with van der Waals surface area (Å²) in [7, 11) is -3.79. The van der Waals surface area contributed by atoms with Gasteiger partial charge in [-0.05, 0) is 30.5 Å². The number of carbonyl (C=O) groups is 1. The van der Waals surface area contributed by atoms with E-state index in [2.05, 4.69) is 17.4 Å². The number of amides is 1. The molecule has 2 fully saturated rings. The van der Waals surface area contributed by atoms with Gasteiger partial charge < -0.3 is 5.32 Å². The predicted octanol–water partition coefficient (Wildman–Crippen LogP) is 3.54. The molecule has 0 bridgehead atoms. The molecule has 9 heteroatoms. The molecule has 2 aliphatic rings. The third kappa shape index (κ3) is 4.82. The van der Waals surface area contributed by atoms with Gasteiger partial charge in [0.1, 0.15) is 4.90 Å². The Kier molecular flexibility index (Phi) is 7.12. The molecule has 2 aromatic rings. The van der Waals surface area contributed by atoms with Crippen LogP contribution in [0.4, 0.5) is 0 Å². The van der Waals surface area contributed by atoms with E-state index in [1.165, 1.54) is 28.4 Å². The number of carbonyl (C=O) groups excluding carboxylic acids is 1. The fourth-order valence-electron chi connectivity index (χ4n) is 4.48. The van der Waals surface area contributed by atoms with Gasteiger partial charge in [-0.15, -0.1) is 0 Å². The van der Waals surface area contributed by atoms with Crippen molar-refractivity contribution < 1.29 is 13.2 Å². The number of hydrogen-bond acceptors (Lipinski definition) is 4. The molecule has 1 N–H and O–H groups in total. The molecule has 0 spiro atoms. The van der Waals surface area contributed by atoms with Gasteiger partial charge in [0.2, 0.25) is 15.9 Å². The molecule has 6 nitrogen and oxygen atoms in total. The minimum atomic E-state index is -3.79. The Morgan fingerprint density at radius 2 is 1.56 bits per heavy atom. The summed E-state index contributed by atoms with van der Waals surface area (Å²) in [6.45, 7) is 2.40. The van der Waals surface area contributed by atoms with Crippen LogP contribution in [0.25, 0.3) is 0 Å². The van der Waals surface area contributed by atoms with E-state index < -0.39 is 10.0 Å². The number of piperazine rings is 1. The highest BCUT2D eigenvalue weighted by molar-refractivity contribution is 7.89. The molecule has 0 aromatic heterocycles. The van der Waals surface area contributed by atoms with Crippen LogP contribution in [0.1, 0.15) is 24.8 Å². The first-order valence-corrected chi connectivity index (χ1v) is 13.0. The summed E-state index contributed by atoms with van der Waals surface area (Å²) < 4.78 is 27.4. The molecule has 1 aliphatic heterocycles. The fourth-order valence-corrected chi connectivity index (χ4v) is 6.99. The molecule has 0 unspecified atom stereocenters. The average Bonchev–Trinajstić information content (AvgIpc) is 2.74. The zero-order valence-electron chi connectivity index (χ0n) is 17.8. The van der Waals surface area contributed by atoms with Crippen molar-refractivity contribution in [2.75, 3.05) is 39.3 Å². The maximum Gasteiger partial charge on any atom is 0.246 e. The largest absolute Gasteiger partial charge is 0.354 e. The highest BCUT2D eigenvalue weighted by Gasteiger charge is 2.39. The van der Waals surface area contributed by atoms with Crippen molar-refractivity contribution in [3.63, 3.8) is 0 Å². The Morgan fingerprint density at radius 1 is 0.938 bits per heavy atom. The summed E-state index contributed by atoms with van der Waals surface area (Å²) >= 11 is 12.2. The van der Waals surface area contributed by atoms with E-state index in [1.54, 1.807) is 6.07 Å². The van der Waals surface area contributed by atoms with Crippen molar-refractivity contribution in [3.05, 3.63) is 64.1 Å². The Morgan fingerprint density at radius 3 is 2.12 bits per heavy atom. The lowest BCUT2D eigenvalue weighted by atomic mass is 9.64. The van der Waals surface area contributed by atoms with Crippen LogP contribution in [0.15, 0.2) is 53.4 Å². The van der Waals surface area contributed by atoms with Crippen molar-refractivity contribution in [3.8, 4) is 0 Å². The van der Waals surface area contributed by atoms with Crippen LogP contribution in [0.5, 0.6) is 0 Å². The van der Waals surface area contributed by atoms with E-state index in [0.717, 1.165) is 12.8 Å². The smallest absolute Gasteiger partial charge is 0.246 e. The first kappa shape index (κ1) is 23.5. The molecular weight excluding hydrogens is 469 g/mol. The molecule has 4 rings (SSSR count). The first-order valence-electron chi connectivity index (χ1n) is 10.8. The Hall–Kier alpha value is -1.64. The van der Waals surface area contributed by atoms with Crippen LogP contribution in [0, 0.1) is 0 Å². The lowest BCUT2D eigenvalue weighted by Crippen LogP contribution is -2.52. The minimum absolute atomic E-state index is 0.0299. The van der Waals surface area contributed by atoms with Gasteiger partial charge in [-0.1, -0.05) is 66.0 Å². The topological polar surface area (TPSA) is 69.7 Å². The Balaban J connectivity index is 1.30. The van der Waals surface area contributed by atoms with Crippen LogP contribution < -0.4 is 5.32 Å². The summed E-state index contributed by atoms with van der Waals surface area (Å²) in [5.41, 5.74) is 1.32. The van der Waals surface area contributed by atoms with Crippen LogP contribution in [0.2, 0.25) is 10.0 Å². The molecule has 1 aliphatic carbocycles. The standard InChI is InChI=1S/C23H27Cl2N3O3S/c24-19-8-4-9-20(25)22(19)32(30,31)28-14-12-27(13-15-28)16-21(29)26-17-23(10-5-11-23)18-6-2-1-3-7-18/h1-4,6-9H,5,10-17H2,(H,26,29). The van der Waals surface area contributed by atoms with Crippen molar-refractivity contribution in [1.82, 2.24) is 14.5 Å². The number of benzene rings is 2. The monoisotopic (exact) mass is 495 g/mol. The van der Waals surface area contributed by atoms with Crippen molar-refractivity contribution in [1.29, 1.82) is 0 Å². The molecule has 0 atom stereocenters. The summed E-state index contributed by atoms with van der Waals surface area (Å²) in [5.74, 6) is -0.0299. The van der Waals surface area contributed by atoms with E-state index in [1.807, 2.05) is 23.1 Å². The lowest BCUT2D eigenvalue weighted by molar-refractivity contribution is -0.123. The molecule has 172 valence electrons. The minimum Gasteiger partial charge on any atom is -0.354 e. The molecule has 0 radical (unpaired) electrons. The SMILES string of the molecule is O=C(CN1CCN(S(=O)(=O)c2c(Cl)cccc2Cl)CC1)NCC1(c2ccccc2)CCC1. The highest BCUT2D eigenvalue weighted by Crippen LogP contribution is 2.43. The van der Waals surface area contributed by atoms with E-state index >= 15 is 0 Å². The highest BCUT2D eigenvalue weighted by atomic mass is 35.5. The van der Waals surface area contributed by atoms with Crippen molar-refractivity contribution >= 4 is 39.1 Å². The van der Waals surface area contributed by atoms with Crippen molar-refractivity contribution in [2.24, 2.45) is 0 Å². The second-order valence-electron chi connectivity index (χ2n) is 8.51. The zero-order valence-corrected chi connectivity index (χ0v) is 20.1. The summed E-state index contributed by atoms with van der Waals surface area (Å²) in [6, 6.07) is 15.0.